The maximum Gasteiger partial charge on any atom is 0.115 e. The summed E-state index contributed by atoms with van der Waals surface area (Å²) in [5.41, 5.74) is 1.24. The molecule has 0 radical (unpaired) electrons. The molecule has 4 aliphatic carbocycles. The number of rotatable bonds is 3. The number of aliphatic hydroxyl groups excluding tert-OH is 1. The van der Waals surface area contributed by atoms with Crippen molar-refractivity contribution in [1.82, 2.24) is 0 Å². The Morgan fingerprint density at radius 2 is 1.65 bits per heavy atom. The second kappa shape index (κ2) is 4.49. The van der Waals surface area contributed by atoms with Gasteiger partial charge < -0.3 is 10.2 Å². The topological polar surface area (TPSA) is 40.5 Å². The summed E-state index contributed by atoms with van der Waals surface area (Å²) >= 11 is 0. The van der Waals surface area contributed by atoms with Gasteiger partial charge in [0.1, 0.15) is 5.75 Å². The molecular formula is C18H24O2. The van der Waals surface area contributed by atoms with Gasteiger partial charge in [0.05, 0.1) is 6.10 Å². The van der Waals surface area contributed by atoms with Crippen LogP contribution in [0.15, 0.2) is 24.3 Å². The van der Waals surface area contributed by atoms with Crippen molar-refractivity contribution in [2.45, 2.75) is 51.0 Å². The van der Waals surface area contributed by atoms with E-state index < -0.39 is 0 Å². The summed E-state index contributed by atoms with van der Waals surface area (Å²) < 4.78 is 0. The van der Waals surface area contributed by atoms with E-state index in [1.807, 2.05) is 12.1 Å². The lowest BCUT2D eigenvalue weighted by molar-refractivity contribution is -0.119. The molecule has 2 N–H and O–H groups in total. The SMILES string of the molecule is Oc1cccc(CC(O)C23CC4CC(CC(C4)C2)C3)c1. The third-order valence-electron chi connectivity index (χ3n) is 6.13. The van der Waals surface area contributed by atoms with Gasteiger partial charge in [-0.25, -0.2) is 0 Å². The zero-order valence-corrected chi connectivity index (χ0v) is 12.0. The highest BCUT2D eigenvalue weighted by Crippen LogP contribution is 2.61. The van der Waals surface area contributed by atoms with E-state index in [1.54, 1.807) is 12.1 Å². The smallest absolute Gasteiger partial charge is 0.115 e. The van der Waals surface area contributed by atoms with Gasteiger partial charge in [0.15, 0.2) is 0 Å². The molecule has 2 heteroatoms. The van der Waals surface area contributed by atoms with Crippen molar-refractivity contribution in [2.24, 2.45) is 23.2 Å². The second-order valence-corrected chi connectivity index (χ2v) is 7.67. The van der Waals surface area contributed by atoms with Crippen LogP contribution in [0, 0.1) is 23.2 Å². The van der Waals surface area contributed by atoms with Crippen LogP contribution in [0.3, 0.4) is 0 Å². The van der Waals surface area contributed by atoms with Crippen LogP contribution in [-0.2, 0) is 6.42 Å². The molecule has 0 aliphatic heterocycles. The lowest BCUT2D eigenvalue weighted by Gasteiger charge is -2.58. The van der Waals surface area contributed by atoms with Crippen LogP contribution in [0.4, 0.5) is 0 Å². The van der Waals surface area contributed by atoms with Crippen LogP contribution in [-0.4, -0.2) is 16.3 Å². The third-order valence-corrected chi connectivity index (χ3v) is 6.13. The molecule has 4 bridgehead atoms. The van der Waals surface area contributed by atoms with Gasteiger partial charge in [-0.2, -0.15) is 0 Å². The van der Waals surface area contributed by atoms with Crippen molar-refractivity contribution >= 4 is 0 Å². The van der Waals surface area contributed by atoms with Crippen LogP contribution in [0.2, 0.25) is 0 Å². The van der Waals surface area contributed by atoms with E-state index in [0.29, 0.717) is 12.2 Å². The van der Waals surface area contributed by atoms with Crippen LogP contribution in [0.1, 0.15) is 44.1 Å². The van der Waals surface area contributed by atoms with Crippen LogP contribution < -0.4 is 0 Å². The largest absolute Gasteiger partial charge is 0.508 e. The minimum atomic E-state index is -0.238. The van der Waals surface area contributed by atoms with Crippen LogP contribution in [0.5, 0.6) is 5.75 Å². The average Bonchev–Trinajstić information content (AvgIpc) is 2.37. The van der Waals surface area contributed by atoms with E-state index in [2.05, 4.69) is 0 Å². The molecule has 108 valence electrons. The third kappa shape index (κ3) is 2.05. The fourth-order valence-electron chi connectivity index (χ4n) is 5.71. The van der Waals surface area contributed by atoms with E-state index in [-0.39, 0.29) is 11.5 Å². The minimum Gasteiger partial charge on any atom is -0.508 e. The molecule has 1 aromatic rings. The predicted molar refractivity (Wildman–Crippen MR) is 78.4 cm³/mol. The maximum absolute atomic E-state index is 10.9. The van der Waals surface area contributed by atoms with E-state index >= 15 is 0 Å². The summed E-state index contributed by atoms with van der Waals surface area (Å²) in [4.78, 5) is 0. The number of hydrogen-bond donors (Lipinski definition) is 2. The van der Waals surface area contributed by atoms with Gasteiger partial charge in [-0.1, -0.05) is 12.1 Å². The number of benzene rings is 1. The zero-order valence-electron chi connectivity index (χ0n) is 12.0. The summed E-state index contributed by atoms with van der Waals surface area (Å²) in [7, 11) is 0. The fourth-order valence-corrected chi connectivity index (χ4v) is 5.71. The van der Waals surface area contributed by atoms with E-state index in [9.17, 15) is 10.2 Å². The molecule has 0 saturated heterocycles. The van der Waals surface area contributed by atoms with Gasteiger partial charge in [-0.05, 0) is 85.8 Å². The Balaban J connectivity index is 1.54. The highest BCUT2D eigenvalue weighted by atomic mass is 16.3. The monoisotopic (exact) mass is 272 g/mol. The highest BCUT2D eigenvalue weighted by Gasteiger charge is 2.53. The van der Waals surface area contributed by atoms with Crippen molar-refractivity contribution in [2.75, 3.05) is 0 Å². The number of phenolic OH excluding ortho intramolecular Hbond substituents is 1. The molecule has 0 heterocycles. The summed E-state index contributed by atoms with van der Waals surface area (Å²) in [5.74, 6) is 2.93. The minimum absolute atomic E-state index is 0.181. The molecule has 0 amide bonds. The van der Waals surface area contributed by atoms with E-state index in [4.69, 9.17) is 0 Å². The maximum atomic E-state index is 10.9. The Hall–Kier alpha value is -1.02. The van der Waals surface area contributed by atoms with Gasteiger partial charge in [-0.3, -0.25) is 0 Å². The molecule has 4 saturated carbocycles. The molecule has 1 aromatic carbocycles. The molecule has 0 spiro atoms. The number of aliphatic hydroxyl groups is 1. The molecule has 4 aliphatic rings. The Morgan fingerprint density at radius 1 is 1.05 bits per heavy atom. The Bertz CT molecular complexity index is 473. The molecule has 20 heavy (non-hydrogen) atoms. The van der Waals surface area contributed by atoms with E-state index in [1.165, 1.54) is 38.5 Å². The van der Waals surface area contributed by atoms with Crippen molar-refractivity contribution in [1.29, 1.82) is 0 Å². The summed E-state index contributed by atoms with van der Waals surface area (Å²) in [5, 5.41) is 20.5. The number of aromatic hydroxyl groups is 1. The van der Waals surface area contributed by atoms with Crippen LogP contribution >= 0.6 is 0 Å². The first-order chi connectivity index (χ1) is 9.63. The normalized spacial score (nSPS) is 40.0. The summed E-state index contributed by atoms with van der Waals surface area (Å²) in [6.45, 7) is 0. The zero-order chi connectivity index (χ0) is 13.7. The molecule has 4 fully saturated rings. The van der Waals surface area contributed by atoms with Crippen molar-refractivity contribution < 1.29 is 10.2 Å². The molecule has 2 nitrogen and oxygen atoms in total. The first kappa shape index (κ1) is 12.7. The first-order valence-corrected chi connectivity index (χ1v) is 8.09. The standard InChI is InChI=1S/C18H24O2/c19-16-3-1-2-12(7-16)8-17(20)18-9-13-4-14(10-18)6-15(5-13)11-18/h1-3,7,13-15,17,19-20H,4-6,8-11H2. The summed E-state index contributed by atoms with van der Waals surface area (Å²) in [6.07, 6.45) is 8.41. The van der Waals surface area contributed by atoms with Crippen molar-refractivity contribution in [3.8, 4) is 5.75 Å². The van der Waals surface area contributed by atoms with Crippen LogP contribution in [0.25, 0.3) is 0 Å². The molecular weight excluding hydrogens is 248 g/mol. The predicted octanol–water partition coefficient (Wildman–Crippen LogP) is 3.51. The molecule has 0 aromatic heterocycles. The van der Waals surface area contributed by atoms with Gasteiger partial charge in [0.25, 0.3) is 0 Å². The van der Waals surface area contributed by atoms with Gasteiger partial charge in [-0.15, -0.1) is 0 Å². The Labute approximate surface area is 120 Å². The second-order valence-electron chi connectivity index (χ2n) is 7.67. The highest BCUT2D eigenvalue weighted by molar-refractivity contribution is 5.28. The number of hydrogen-bond acceptors (Lipinski definition) is 2. The lowest BCUT2D eigenvalue weighted by atomic mass is 9.48. The molecule has 5 rings (SSSR count). The molecule has 1 atom stereocenters. The van der Waals surface area contributed by atoms with Gasteiger partial charge in [0.2, 0.25) is 0 Å². The van der Waals surface area contributed by atoms with Crippen molar-refractivity contribution in [3.63, 3.8) is 0 Å². The van der Waals surface area contributed by atoms with E-state index in [0.717, 1.165) is 23.3 Å². The van der Waals surface area contributed by atoms with Gasteiger partial charge >= 0.3 is 0 Å². The number of phenols is 1. The van der Waals surface area contributed by atoms with Gasteiger partial charge in [0, 0.05) is 0 Å². The lowest BCUT2D eigenvalue weighted by Crippen LogP contribution is -2.52. The quantitative estimate of drug-likeness (QED) is 0.884. The summed E-state index contributed by atoms with van der Waals surface area (Å²) in [6, 6.07) is 7.38. The average molecular weight is 272 g/mol. The fraction of sp³-hybridized carbons (Fsp3) is 0.667. The molecule has 1 unspecified atom stereocenters. The van der Waals surface area contributed by atoms with Crippen molar-refractivity contribution in [3.05, 3.63) is 29.8 Å². The Morgan fingerprint density at radius 3 is 2.20 bits per heavy atom. The first-order valence-electron chi connectivity index (χ1n) is 8.09. The Kier molecular flexibility index (Phi) is 2.85.